The molecule has 1 aromatic heterocycles. The van der Waals surface area contributed by atoms with Gasteiger partial charge in [0.15, 0.2) is 5.82 Å². The number of nitrogens with two attached hydrogens (primary N) is 1. The highest BCUT2D eigenvalue weighted by atomic mass is 15.3. The molecule has 1 atom stereocenters. The summed E-state index contributed by atoms with van der Waals surface area (Å²) in [5, 5.41) is 4.67. The maximum atomic E-state index is 5.91. The number of aromatic nitrogens is 3. The third-order valence-corrected chi connectivity index (χ3v) is 4.45. The molecule has 0 saturated heterocycles. The van der Waals surface area contributed by atoms with E-state index in [4.69, 9.17) is 10.7 Å². The highest BCUT2D eigenvalue weighted by Gasteiger charge is 2.22. The molecular weight excluding hydrogens is 248 g/mol. The Hall–Kier alpha value is -0.900. The van der Waals surface area contributed by atoms with Gasteiger partial charge in [-0.25, -0.2) is 4.98 Å². The maximum absolute atomic E-state index is 5.91. The van der Waals surface area contributed by atoms with E-state index in [9.17, 15) is 0 Å². The van der Waals surface area contributed by atoms with Crippen molar-refractivity contribution in [1.29, 1.82) is 0 Å². The summed E-state index contributed by atoms with van der Waals surface area (Å²) in [6, 6.07) is 0. The Bertz CT molecular complexity index is 405. The van der Waals surface area contributed by atoms with E-state index in [0.717, 1.165) is 24.6 Å². The summed E-state index contributed by atoms with van der Waals surface area (Å²) >= 11 is 0. The van der Waals surface area contributed by atoms with Gasteiger partial charge in [-0.15, -0.1) is 0 Å². The van der Waals surface area contributed by atoms with Gasteiger partial charge in [0.05, 0.1) is 0 Å². The average Bonchev–Trinajstić information content (AvgIpc) is 2.80. The van der Waals surface area contributed by atoms with Crippen molar-refractivity contribution in [1.82, 2.24) is 14.8 Å². The second-order valence-electron chi connectivity index (χ2n) is 6.78. The fraction of sp³-hybridized carbons (Fsp3) is 0.875. The number of hydrogen-bond acceptors (Lipinski definition) is 3. The monoisotopic (exact) mass is 278 g/mol. The van der Waals surface area contributed by atoms with Crippen molar-refractivity contribution in [2.75, 3.05) is 6.54 Å². The largest absolute Gasteiger partial charge is 0.330 e. The first kappa shape index (κ1) is 15.5. The van der Waals surface area contributed by atoms with Crippen LogP contribution < -0.4 is 5.73 Å². The first-order chi connectivity index (χ1) is 9.60. The molecule has 0 bridgehead atoms. The Morgan fingerprint density at radius 3 is 2.55 bits per heavy atom. The molecule has 1 aliphatic rings. The molecule has 2 rings (SSSR count). The molecule has 1 unspecified atom stereocenters. The van der Waals surface area contributed by atoms with E-state index in [0.29, 0.717) is 17.8 Å². The minimum atomic E-state index is 0.525. The normalized spacial score (nSPS) is 18.6. The summed E-state index contributed by atoms with van der Waals surface area (Å²) in [4.78, 5) is 4.82. The lowest BCUT2D eigenvalue weighted by molar-refractivity contribution is 0.403. The fourth-order valence-corrected chi connectivity index (χ4v) is 3.34. The maximum Gasteiger partial charge on any atom is 0.154 e. The molecule has 0 aliphatic heterocycles. The van der Waals surface area contributed by atoms with Crippen molar-refractivity contribution in [2.45, 2.75) is 64.7 Å². The van der Waals surface area contributed by atoms with Gasteiger partial charge in [0.2, 0.25) is 0 Å². The predicted molar refractivity (Wildman–Crippen MR) is 82.5 cm³/mol. The Labute approximate surface area is 123 Å². The van der Waals surface area contributed by atoms with Crippen LogP contribution in [0.3, 0.4) is 0 Å². The van der Waals surface area contributed by atoms with E-state index in [-0.39, 0.29) is 0 Å². The number of aryl methyl sites for hydroxylation is 1. The van der Waals surface area contributed by atoms with Gasteiger partial charge in [-0.05, 0) is 37.6 Å². The van der Waals surface area contributed by atoms with E-state index in [1.807, 2.05) is 11.7 Å². The van der Waals surface area contributed by atoms with Gasteiger partial charge in [-0.1, -0.05) is 33.1 Å². The van der Waals surface area contributed by atoms with Gasteiger partial charge < -0.3 is 5.73 Å². The molecule has 1 fully saturated rings. The predicted octanol–water partition coefficient (Wildman–Crippen LogP) is 3.03. The summed E-state index contributed by atoms with van der Waals surface area (Å²) in [5.41, 5.74) is 5.91. The minimum absolute atomic E-state index is 0.525. The second-order valence-corrected chi connectivity index (χ2v) is 6.78. The first-order valence-electron chi connectivity index (χ1n) is 8.20. The lowest BCUT2D eigenvalue weighted by Crippen LogP contribution is -2.20. The molecule has 4 heteroatoms. The van der Waals surface area contributed by atoms with Crippen molar-refractivity contribution < 1.29 is 0 Å². The van der Waals surface area contributed by atoms with Crippen LogP contribution in [0.1, 0.15) is 69.9 Å². The van der Waals surface area contributed by atoms with Crippen LogP contribution in [0, 0.1) is 11.8 Å². The van der Waals surface area contributed by atoms with Gasteiger partial charge in [-0.3, -0.25) is 4.68 Å². The van der Waals surface area contributed by atoms with Crippen LogP contribution in [0.15, 0.2) is 0 Å². The van der Waals surface area contributed by atoms with E-state index < -0.39 is 0 Å². The highest BCUT2D eigenvalue weighted by Crippen LogP contribution is 2.31. The first-order valence-corrected chi connectivity index (χ1v) is 8.20. The molecule has 0 radical (unpaired) electrons. The van der Waals surface area contributed by atoms with Gasteiger partial charge in [0, 0.05) is 19.4 Å². The molecule has 1 saturated carbocycles. The van der Waals surface area contributed by atoms with Gasteiger partial charge in [0.25, 0.3) is 0 Å². The fourth-order valence-electron chi connectivity index (χ4n) is 3.34. The van der Waals surface area contributed by atoms with Crippen LogP contribution in [-0.2, 0) is 13.5 Å². The SMILES string of the molecule is CC(C)CC(CN)Cc1nc(C2CCCCC2)nn1C. The lowest BCUT2D eigenvalue weighted by Gasteiger charge is -2.18. The number of rotatable bonds is 6. The van der Waals surface area contributed by atoms with Gasteiger partial charge >= 0.3 is 0 Å². The molecule has 20 heavy (non-hydrogen) atoms. The summed E-state index contributed by atoms with van der Waals surface area (Å²) in [7, 11) is 2.03. The number of hydrogen-bond donors (Lipinski definition) is 1. The number of nitrogens with zero attached hydrogens (tertiary/aromatic N) is 3. The Balaban J connectivity index is 2.02. The Morgan fingerprint density at radius 2 is 1.95 bits per heavy atom. The zero-order chi connectivity index (χ0) is 14.5. The zero-order valence-electron chi connectivity index (χ0n) is 13.3. The molecule has 0 aromatic carbocycles. The minimum Gasteiger partial charge on any atom is -0.330 e. The molecule has 0 spiro atoms. The average molecular weight is 278 g/mol. The molecular formula is C16H30N4. The molecule has 114 valence electrons. The Kier molecular flexibility index (Phi) is 5.58. The molecule has 0 amide bonds. The van der Waals surface area contributed by atoms with E-state index in [1.54, 1.807) is 0 Å². The van der Waals surface area contributed by atoms with Crippen LogP contribution in [0.4, 0.5) is 0 Å². The quantitative estimate of drug-likeness (QED) is 0.870. The van der Waals surface area contributed by atoms with Crippen LogP contribution in [-0.4, -0.2) is 21.3 Å². The van der Waals surface area contributed by atoms with E-state index >= 15 is 0 Å². The van der Waals surface area contributed by atoms with Crippen molar-refractivity contribution >= 4 is 0 Å². The lowest BCUT2D eigenvalue weighted by atomic mass is 9.89. The van der Waals surface area contributed by atoms with Gasteiger partial charge in [0.1, 0.15) is 5.82 Å². The standard InChI is InChI=1S/C16H30N4/c1-12(2)9-13(11-17)10-15-18-16(19-20(15)3)14-7-5-4-6-8-14/h12-14H,4-11,17H2,1-3H3. The second kappa shape index (κ2) is 7.21. The molecule has 1 heterocycles. The molecule has 1 aliphatic carbocycles. The van der Waals surface area contributed by atoms with Crippen molar-refractivity contribution in [2.24, 2.45) is 24.6 Å². The van der Waals surface area contributed by atoms with Crippen LogP contribution >= 0.6 is 0 Å². The smallest absolute Gasteiger partial charge is 0.154 e. The van der Waals surface area contributed by atoms with E-state index in [2.05, 4.69) is 18.9 Å². The van der Waals surface area contributed by atoms with Crippen molar-refractivity contribution in [3.63, 3.8) is 0 Å². The van der Waals surface area contributed by atoms with Crippen molar-refractivity contribution in [3.05, 3.63) is 11.6 Å². The third-order valence-electron chi connectivity index (χ3n) is 4.45. The molecule has 1 aromatic rings. The third kappa shape index (κ3) is 4.05. The van der Waals surface area contributed by atoms with Crippen LogP contribution in [0.25, 0.3) is 0 Å². The van der Waals surface area contributed by atoms with Gasteiger partial charge in [-0.2, -0.15) is 5.10 Å². The zero-order valence-corrected chi connectivity index (χ0v) is 13.3. The van der Waals surface area contributed by atoms with Crippen LogP contribution in [0.5, 0.6) is 0 Å². The van der Waals surface area contributed by atoms with Crippen LogP contribution in [0.2, 0.25) is 0 Å². The molecule has 4 nitrogen and oxygen atoms in total. The summed E-state index contributed by atoms with van der Waals surface area (Å²) in [6.07, 6.45) is 8.69. The topological polar surface area (TPSA) is 56.7 Å². The summed E-state index contributed by atoms with van der Waals surface area (Å²) in [5.74, 6) is 3.99. The highest BCUT2D eigenvalue weighted by molar-refractivity contribution is 5.01. The molecule has 2 N–H and O–H groups in total. The van der Waals surface area contributed by atoms with E-state index in [1.165, 1.54) is 38.5 Å². The van der Waals surface area contributed by atoms with Crippen molar-refractivity contribution in [3.8, 4) is 0 Å². The Morgan fingerprint density at radius 1 is 1.25 bits per heavy atom. The summed E-state index contributed by atoms with van der Waals surface area (Å²) < 4.78 is 1.98. The summed E-state index contributed by atoms with van der Waals surface area (Å²) in [6.45, 7) is 5.25.